The van der Waals surface area contributed by atoms with Crippen molar-refractivity contribution < 1.29 is 14.6 Å². The van der Waals surface area contributed by atoms with E-state index in [0.717, 1.165) is 19.3 Å². The number of ether oxygens (including phenoxy) is 1. The quantitative estimate of drug-likeness (QED) is 0.772. The van der Waals surface area contributed by atoms with Crippen LogP contribution in [0, 0.1) is 0 Å². The van der Waals surface area contributed by atoms with E-state index in [1.54, 1.807) is 0 Å². The number of nitrogens with zero attached hydrogens (tertiary/aromatic N) is 1. The first-order valence-corrected chi connectivity index (χ1v) is 5.46. The van der Waals surface area contributed by atoms with Crippen LogP contribution in [-0.4, -0.2) is 35.7 Å². The van der Waals surface area contributed by atoms with Crippen LogP contribution in [0.15, 0.2) is 24.0 Å². The molecule has 2 unspecified atom stereocenters. The summed E-state index contributed by atoms with van der Waals surface area (Å²) in [5, 5.41) is 8.96. The molecule has 1 fully saturated rings. The highest BCUT2D eigenvalue weighted by atomic mass is 16.5. The van der Waals surface area contributed by atoms with Gasteiger partial charge in [0.15, 0.2) is 0 Å². The average Bonchev–Trinajstić information content (AvgIpc) is 2.80. The molecular formula is C12H19NO3. The van der Waals surface area contributed by atoms with Crippen molar-refractivity contribution in [3.8, 4) is 0 Å². The maximum absolute atomic E-state index is 8.96. The summed E-state index contributed by atoms with van der Waals surface area (Å²) in [6.07, 6.45) is 9.49. The normalized spacial score (nSPS) is 28.4. The number of hydrogen-bond acceptors (Lipinski definition) is 4. The Labute approximate surface area is 96.2 Å². The number of carbonyl (C=O) groups is 1. The van der Waals surface area contributed by atoms with Crippen LogP contribution in [0.3, 0.4) is 0 Å². The smallest absolute Gasteiger partial charge is 0.133 e. The minimum atomic E-state index is 0.0315. The van der Waals surface area contributed by atoms with E-state index in [4.69, 9.17) is 14.6 Å². The Bertz CT molecular complexity index is 275. The van der Waals surface area contributed by atoms with E-state index < -0.39 is 0 Å². The zero-order valence-corrected chi connectivity index (χ0v) is 9.63. The Balaban J connectivity index is 0.000000606. The SMILES string of the molecule is C=O.CC1=CN(C2CCC(CO)O2)C=CC1. The number of aliphatic hydroxyl groups is 1. The fourth-order valence-electron chi connectivity index (χ4n) is 1.93. The van der Waals surface area contributed by atoms with Gasteiger partial charge in [-0.3, -0.25) is 0 Å². The summed E-state index contributed by atoms with van der Waals surface area (Å²) >= 11 is 0. The minimum absolute atomic E-state index is 0.0315. The van der Waals surface area contributed by atoms with Gasteiger partial charge in [-0.2, -0.15) is 0 Å². The zero-order chi connectivity index (χ0) is 12.0. The second kappa shape index (κ2) is 6.45. The van der Waals surface area contributed by atoms with Crippen molar-refractivity contribution in [2.45, 2.75) is 38.5 Å². The summed E-state index contributed by atoms with van der Waals surface area (Å²) < 4.78 is 5.68. The van der Waals surface area contributed by atoms with Crippen LogP contribution in [0.5, 0.6) is 0 Å². The number of rotatable bonds is 2. The highest BCUT2D eigenvalue weighted by molar-refractivity contribution is 5.12. The lowest BCUT2D eigenvalue weighted by Crippen LogP contribution is -2.28. The van der Waals surface area contributed by atoms with Gasteiger partial charge in [0, 0.05) is 12.4 Å². The second-order valence-corrected chi connectivity index (χ2v) is 3.98. The Morgan fingerprint density at radius 2 is 2.31 bits per heavy atom. The van der Waals surface area contributed by atoms with E-state index in [9.17, 15) is 0 Å². The molecule has 0 aromatic carbocycles. The van der Waals surface area contributed by atoms with Crippen LogP contribution >= 0.6 is 0 Å². The van der Waals surface area contributed by atoms with Crippen molar-refractivity contribution >= 4 is 6.79 Å². The Kier molecular flexibility index (Phi) is 5.22. The maximum atomic E-state index is 8.96. The van der Waals surface area contributed by atoms with Gasteiger partial charge in [0.2, 0.25) is 0 Å². The molecule has 16 heavy (non-hydrogen) atoms. The fraction of sp³-hybridized carbons (Fsp3) is 0.583. The van der Waals surface area contributed by atoms with Crippen LogP contribution in [-0.2, 0) is 9.53 Å². The first kappa shape index (κ1) is 12.9. The standard InChI is InChI=1S/C11H17NO2.CH2O/c1-9-3-2-6-12(7-9)11-5-4-10(8-13)14-11;1-2/h2,6-7,10-11,13H,3-5,8H2,1H3;1H2. The predicted octanol–water partition coefficient (Wildman–Crippen LogP) is 1.42. The highest BCUT2D eigenvalue weighted by Gasteiger charge is 2.27. The summed E-state index contributed by atoms with van der Waals surface area (Å²) in [6, 6.07) is 0. The molecule has 0 spiro atoms. The van der Waals surface area contributed by atoms with Crippen molar-refractivity contribution in [2.24, 2.45) is 0 Å². The molecule has 2 aliphatic rings. The molecule has 1 N–H and O–H groups in total. The average molecular weight is 225 g/mol. The van der Waals surface area contributed by atoms with Gasteiger partial charge >= 0.3 is 0 Å². The molecular weight excluding hydrogens is 206 g/mol. The lowest BCUT2D eigenvalue weighted by Gasteiger charge is -2.26. The number of carbonyl (C=O) groups excluding carboxylic acids is 1. The van der Waals surface area contributed by atoms with Crippen molar-refractivity contribution in [1.29, 1.82) is 0 Å². The summed E-state index contributed by atoms with van der Waals surface area (Å²) in [7, 11) is 0. The molecule has 0 aromatic heterocycles. The molecule has 4 nitrogen and oxygen atoms in total. The monoisotopic (exact) mass is 225 g/mol. The fourth-order valence-corrected chi connectivity index (χ4v) is 1.93. The Morgan fingerprint density at radius 3 is 2.88 bits per heavy atom. The van der Waals surface area contributed by atoms with Gasteiger partial charge < -0.3 is 19.5 Å². The first-order chi connectivity index (χ1) is 7.79. The molecule has 90 valence electrons. The largest absolute Gasteiger partial charge is 0.394 e. The van der Waals surface area contributed by atoms with Gasteiger partial charge in [0.1, 0.15) is 13.0 Å². The van der Waals surface area contributed by atoms with Crippen molar-refractivity contribution in [3.05, 3.63) is 24.0 Å². The molecule has 0 saturated carbocycles. The van der Waals surface area contributed by atoms with Crippen molar-refractivity contribution in [1.82, 2.24) is 4.90 Å². The van der Waals surface area contributed by atoms with Gasteiger partial charge in [-0.15, -0.1) is 0 Å². The molecule has 0 aromatic rings. The van der Waals surface area contributed by atoms with Crippen LogP contribution in [0.2, 0.25) is 0 Å². The molecule has 0 amide bonds. The molecule has 0 radical (unpaired) electrons. The number of aliphatic hydroxyl groups excluding tert-OH is 1. The molecule has 2 rings (SSSR count). The molecule has 4 heteroatoms. The summed E-state index contributed by atoms with van der Waals surface area (Å²) in [4.78, 5) is 10.1. The van der Waals surface area contributed by atoms with E-state index in [2.05, 4.69) is 30.3 Å². The summed E-state index contributed by atoms with van der Waals surface area (Å²) in [5.74, 6) is 0. The van der Waals surface area contributed by atoms with Crippen LogP contribution < -0.4 is 0 Å². The molecule has 2 atom stereocenters. The second-order valence-electron chi connectivity index (χ2n) is 3.98. The van der Waals surface area contributed by atoms with Crippen LogP contribution in [0.1, 0.15) is 26.2 Å². The predicted molar refractivity (Wildman–Crippen MR) is 61.5 cm³/mol. The summed E-state index contributed by atoms with van der Waals surface area (Å²) in [5.41, 5.74) is 1.35. The molecule has 1 saturated heterocycles. The number of hydrogen-bond donors (Lipinski definition) is 1. The van der Waals surface area contributed by atoms with Gasteiger partial charge in [-0.1, -0.05) is 11.6 Å². The van der Waals surface area contributed by atoms with Gasteiger partial charge in [0.05, 0.1) is 12.7 Å². The topological polar surface area (TPSA) is 49.8 Å². The van der Waals surface area contributed by atoms with Crippen molar-refractivity contribution in [3.63, 3.8) is 0 Å². The van der Waals surface area contributed by atoms with Gasteiger partial charge in [-0.25, -0.2) is 0 Å². The summed E-state index contributed by atoms with van der Waals surface area (Å²) in [6.45, 7) is 4.26. The maximum Gasteiger partial charge on any atom is 0.133 e. The van der Waals surface area contributed by atoms with Crippen LogP contribution in [0.4, 0.5) is 0 Å². The lowest BCUT2D eigenvalue weighted by atomic mass is 10.2. The van der Waals surface area contributed by atoms with Gasteiger partial charge in [0.25, 0.3) is 0 Å². The molecule has 0 aliphatic carbocycles. The van der Waals surface area contributed by atoms with E-state index in [0.29, 0.717) is 0 Å². The van der Waals surface area contributed by atoms with E-state index in [-0.39, 0.29) is 18.9 Å². The lowest BCUT2D eigenvalue weighted by molar-refractivity contribution is -0.0979. The van der Waals surface area contributed by atoms with E-state index >= 15 is 0 Å². The third-order valence-corrected chi connectivity index (χ3v) is 2.71. The minimum Gasteiger partial charge on any atom is -0.394 e. The number of allylic oxidation sites excluding steroid dienone is 2. The zero-order valence-electron chi connectivity index (χ0n) is 9.63. The molecule has 0 bridgehead atoms. The van der Waals surface area contributed by atoms with Crippen molar-refractivity contribution in [2.75, 3.05) is 6.61 Å². The molecule has 2 heterocycles. The first-order valence-electron chi connectivity index (χ1n) is 5.46. The third-order valence-electron chi connectivity index (χ3n) is 2.71. The molecule has 2 aliphatic heterocycles. The van der Waals surface area contributed by atoms with E-state index in [1.165, 1.54) is 5.57 Å². The van der Waals surface area contributed by atoms with Gasteiger partial charge in [-0.05, 0) is 26.2 Å². The van der Waals surface area contributed by atoms with Crippen LogP contribution in [0.25, 0.3) is 0 Å². The highest BCUT2D eigenvalue weighted by Crippen LogP contribution is 2.25. The Morgan fingerprint density at radius 1 is 1.56 bits per heavy atom. The Hall–Kier alpha value is -1.13. The third kappa shape index (κ3) is 3.18. The van der Waals surface area contributed by atoms with E-state index in [1.807, 2.05) is 6.79 Å².